The predicted octanol–water partition coefficient (Wildman–Crippen LogP) is 1.80. The number of hydrogen-bond acceptors (Lipinski definition) is 5. The van der Waals surface area contributed by atoms with Gasteiger partial charge < -0.3 is 25.2 Å². The highest BCUT2D eigenvalue weighted by atomic mass is 127. The van der Waals surface area contributed by atoms with Crippen molar-refractivity contribution in [1.29, 1.82) is 0 Å². The molecular weight excluding hydrogens is 483 g/mol. The van der Waals surface area contributed by atoms with E-state index in [2.05, 4.69) is 44.2 Å². The van der Waals surface area contributed by atoms with Gasteiger partial charge in [-0.2, -0.15) is 0 Å². The number of likely N-dealkylation sites (tertiary alicyclic amines) is 1. The monoisotopic (exact) mass is 524 g/mol. The van der Waals surface area contributed by atoms with E-state index in [-0.39, 0.29) is 36.1 Å². The fourth-order valence-corrected chi connectivity index (χ4v) is 3.77. The lowest BCUT2D eigenvalue weighted by Gasteiger charge is -2.38. The minimum Gasteiger partial charge on any atom is -0.444 e. The molecular formula is C20H41IN6O2. The molecule has 0 radical (unpaired) electrons. The molecule has 2 heterocycles. The maximum absolute atomic E-state index is 12.0. The number of piperazine rings is 1. The van der Waals surface area contributed by atoms with Gasteiger partial charge in [-0.1, -0.05) is 6.92 Å². The Balaban J connectivity index is 0.00000420. The standard InChI is InChI=1S/C20H40N6O2.HI/c1-7-24-10-12-25(13-11-24)16(2)14-22-18(21-6)26-9-8-17(15-26)23-19(27)28-20(3,4)5;/h16-17H,7-15H2,1-6H3,(H,21,22)(H,23,27);1H. The van der Waals surface area contributed by atoms with Crippen LogP contribution in [0.5, 0.6) is 0 Å². The van der Waals surface area contributed by atoms with E-state index in [0.717, 1.165) is 64.7 Å². The Morgan fingerprint density at radius 3 is 2.41 bits per heavy atom. The third-order valence-corrected chi connectivity index (χ3v) is 5.45. The van der Waals surface area contributed by atoms with E-state index in [1.54, 1.807) is 0 Å². The first kappa shape index (κ1) is 26.2. The molecule has 2 aliphatic heterocycles. The van der Waals surface area contributed by atoms with Crippen molar-refractivity contribution in [3.63, 3.8) is 0 Å². The van der Waals surface area contributed by atoms with Crippen molar-refractivity contribution in [3.05, 3.63) is 0 Å². The van der Waals surface area contributed by atoms with Crippen LogP contribution in [0.4, 0.5) is 4.79 Å². The van der Waals surface area contributed by atoms with Crippen LogP contribution in [-0.4, -0.2) is 104 Å². The summed E-state index contributed by atoms with van der Waals surface area (Å²) in [7, 11) is 1.82. The van der Waals surface area contributed by atoms with Gasteiger partial charge >= 0.3 is 6.09 Å². The molecule has 2 aliphatic rings. The van der Waals surface area contributed by atoms with E-state index in [1.807, 2.05) is 27.8 Å². The number of amides is 1. The Morgan fingerprint density at radius 1 is 1.21 bits per heavy atom. The van der Waals surface area contributed by atoms with Crippen LogP contribution >= 0.6 is 24.0 Å². The van der Waals surface area contributed by atoms with E-state index >= 15 is 0 Å². The van der Waals surface area contributed by atoms with Crippen LogP contribution in [0, 0.1) is 0 Å². The molecule has 170 valence electrons. The lowest BCUT2D eigenvalue weighted by Crippen LogP contribution is -2.53. The summed E-state index contributed by atoms with van der Waals surface area (Å²) in [6.07, 6.45) is 0.552. The number of ether oxygens (including phenoxy) is 1. The molecule has 0 aromatic rings. The fourth-order valence-electron chi connectivity index (χ4n) is 3.77. The number of guanidine groups is 1. The molecule has 8 nitrogen and oxygen atoms in total. The fraction of sp³-hybridized carbons (Fsp3) is 0.900. The molecule has 1 amide bonds. The number of likely N-dealkylation sites (N-methyl/N-ethyl adjacent to an activating group) is 1. The minimum atomic E-state index is -0.473. The van der Waals surface area contributed by atoms with Crippen LogP contribution in [0.1, 0.15) is 41.0 Å². The zero-order valence-corrected chi connectivity index (χ0v) is 21.4. The number of alkyl carbamates (subject to hydrolysis) is 1. The predicted molar refractivity (Wildman–Crippen MR) is 129 cm³/mol. The van der Waals surface area contributed by atoms with E-state index < -0.39 is 5.60 Å². The minimum absolute atomic E-state index is 0. The molecule has 2 atom stereocenters. The third-order valence-electron chi connectivity index (χ3n) is 5.45. The van der Waals surface area contributed by atoms with E-state index in [4.69, 9.17) is 4.74 Å². The van der Waals surface area contributed by atoms with Gasteiger partial charge in [0.05, 0.1) is 6.04 Å². The Morgan fingerprint density at radius 2 is 1.86 bits per heavy atom. The van der Waals surface area contributed by atoms with Crippen molar-refractivity contribution in [1.82, 2.24) is 25.3 Å². The Hall–Kier alpha value is -0.810. The molecule has 0 bridgehead atoms. The second kappa shape index (κ2) is 12.1. The molecule has 0 aliphatic carbocycles. The molecule has 29 heavy (non-hydrogen) atoms. The molecule has 0 saturated carbocycles. The summed E-state index contributed by atoms with van der Waals surface area (Å²) in [5, 5.41) is 6.49. The summed E-state index contributed by atoms with van der Waals surface area (Å²) in [4.78, 5) is 23.7. The van der Waals surface area contributed by atoms with Crippen molar-refractivity contribution < 1.29 is 9.53 Å². The van der Waals surface area contributed by atoms with Crippen LogP contribution in [-0.2, 0) is 4.74 Å². The molecule has 2 unspecified atom stereocenters. The summed E-state index contributed by atoms with van der Waals surface area (Å²) < 4.78 is 5.36. The smallest absolute Gasteiger partial charge is 0.407 e. The van der Waals surface area contributed by atoms with Crippen LogP contribution < -0.4 is 10.6 Å². The Kier molecular flexibility index (Phi) is 11.0. The van der Waals surface area contributed by atoms with Gasteiger partial charge in [-0.15, -0.1) is 24.0 Å². The molecule has 2 rings (SSSR count). The van der Waals surface area contributed by atoms with Gasteiger partial charge in [0.25, 0.3) is 0 Å². The lowest BCUT2D eigenvalue weighted by molar-refractivity contribution is 0.0507. The van der Waals surface area contributed by atoms with Crippen LogP contribution in [0.15, 0.2) is 4.99 Å². The van der Waals surface area contributed by atoms with Crippen molar-refractivity contribution in [2.24, 2.45) is 4.99 Å². The summed E-state index contributed by atoms with van der Waals surface area (Å²) >= 11 is 0. The number of halogens is 1. The first-order chi connectivity index (χ1) is 13.2. The summed E-state index contributed by atoms with van der Waals surface area (Å²) in [5.74, 6) is 0.910. The van der Waals surface area contributed by atoms with Crippen molar-refractivity contribution in [2.45, 2.75) is 58.7 Å². The molecule has 2 N–H and O–H groups in total. The number of carbonyl (C=O) groups excluding carboxylic acids is 1. The second-order valence-electron chi connectivity index (χ2n) is 8.83. The highest BCUT2D eigenvalue weighted by Crippen LogP contribution is 2.12. The summed E-state index contributed by atoms with van der Waals surface area (Å²) in [6.45, 7) is 18.3. The lowest BCUT2D eigenvalue weighted by atomic mass is 10.2. The first-order valence-electron chi connectivity index (χ1n) is 10.6. The average Bonchev–Trinajstić information content (AvgIpc) is 3.08. The largest absolute Gasteiger partial charge is 0.444 e. The van der Waals surface area contributed by atoms with Crippen molar-refractivity contribution in [3.8, 4) is 0 Å². The van der Waals surface area contributed by atoms with Crippen LogP contribution in [0.2, 0.25) is 0 Å². The van der Waals surface area contributed by atoms with Gasteiger partial charge in [-0.05, 0) is 40.7 Å². The average molecular weight is 524 g/mol. The maximum atomic E-state index is 12.0. The van der Waals surface area contributed by atoms with Crippen molar-refractivity contribution >= 4 is 36.0 Å². The van der Waals surface area contributed by atoms with Crippen LogP contribution in [0.3, 0.4) is 0 Å². The highest BCUT2D eigenvalue weighted by Gasteiger charge is 2.28. The quantitative estimate of drug-likeness (QED) is 0.325. The number of rotatable bonds is 5. The summed E-state index contributed by atoms with van der Waals surface area (Å²) in [6, 6.07) is 0.557. The van der Waals surface area contributed by atoms with Gasteiger partial charge in [0.1, 0.15) is 5.60 Å². The normalized spacial score (nSPS) is 22.8. The van der Waals surface area contributed by atoms with Gasteiger partial charge in [-0.25, -0.2) is 4.79 Å². The van der Waals surface area contributed by atoms with E-state index in [0.29, 0.717) is 6.04 Å². The van der Waals surface area contributed by atoms with Gasteiger partial charge in [0.2, 0.25) is 0 Å². The number of aliphatic imine (C=N–C) groups is 1. The number of nitrogens with zero attached hydrogens (tertiary/aromatic N) is 4. The summed E-state index contributed by atoms with van der Waals surface area (Å²) in [5.41, 5.74) is -0.473. The second-order valence-corrected chi connectivity index (χ2v) is 8.83. The van der Waals surface area contributed by atoms with E-state index in [9.17, 15) is 4.79 Å². The molecule has 2 saturated heterocycles. The zero-order valence-electron chi connectivity index (χ0n) is 19.0. The number of nitrogens with one attached hydrogen (secondary N) is 2. The Bertz CT molecular complexity index is 532. The SMILES string of the molecule is CCN1CCN(C(C)CNC(=NC)N2CCC(NC(=O)OC(C)(C)C)C2)CC1.I. The third kappa shape index (κ3) is 8.84. The number of carbonyl (C=O) groups is 1. The van der Waals surface area contributed by atoms with Crippen molar-refractivity contribution in [2.75, 3.05) is 59.4 Å². The zero-order chi connectivity index (χ0) is 20.7. The highest BCUT2D eigenvalue weighted by molar-refractivity contribution is 14.0. The molecule has 9 heteroatoms. The van der Waals surface area contributed by atoms with Gasteiger partial charge in [-0.3, -0.25) is 9.89 Å². The molecule has 0 aromatic carbocycles. The maximum Gasteiger partial charge on any atom is 0.407 e. The number of hydrogen-bond donors (Lipinski definition) is 2. The van der Waals surface area contributed by atoms with E-state index in [1.165, 1.54) is 0 Å². The molecule has 0 aromatic heterocycles. The first-order valence-corrected chi connectivity index (χ1v) is 10.6. The Labute approximate surface area is 193 Å². The molecule has 0 spiro atoms. The topological polar surface area (TPSA) is 72.4 Å². The van der Waals surface area contributed by atoms with Gasteiger partial charge in [0, 0.05) is 58.9 Å². The van der Waals surface area contributed by atoms with Crippen LogP contribution in [0.25, 0.3) is 0 Å². The van der Waals surface area contributed by atoms with Gasteiger partial charge in [0.15, 0.2) is 5.96 Å². The molecule has 2 fully saturated rings.